The van der Waals surface area contributed by atoms with E-state index in [9.17, 15) is 4.39 Å². The van der Waals surface area contributed by atoms with Crippen molar-refractivity contribution in [2.24, 2.45) is 0 Å². The average Bonchev–Trinajstić information content (AvgIpc) is 2.39. The SMILES string of the molecule is CC[C@H](C)N1CCN(Cc2cccc(F)c2)CC1. The minimum atomic E-state index is -0.134. The lowest BCUT2D eigenvalue weighted by molar-refractivity contribution is 0.0963. The summed E-state index contributed by atoms with van der Waals surface area (Å²) in [6.45, 7) is 9.83. The van der Waals surface area contributed by atoms with Crippen LogP contribution >= 0.6 is 0 Å². The number of hydrogen-bond donors (Lipinski definition) is 0. The van der Waals surface area contributed by atoms with Gasteiger partial charge in [0, 0.05) is 38.8 Å². The molecule has 1 heterocycles. The fourth-order valence-electron chi connectivity index (χ4n) is 2.51. The number of halogens is 1. The molecule has 100 valence electrons. The molecule has 0 aliphatic carbocycles. The Morgan fingerprint density at radius 1 is 1.22 bits per heavy atom. The number of piperazine rings is 1. The molecule has 0 radical (unpaired) electrons. The van der Waals surface area contributed by atoms with Gasteiger partial charge >= 0.3 is 0 Å². The molecule has 0 spiro atoms. The first-order valence-electron chi connectivity index (χ1n) is 6.90. The van der Waals surface area contributed by atoms with Crippen molar-refractivity contribution in [3.8, 4) is 0 Å². The topological polar surface area (TPSA) is 6.48 Å². The Morgan fingerprint density at radius 3 is 2.56 bits per heavy atom. The van der Waals surface area contributed by atoms with Crippen LogP contribution in [-0.4, -0.2) is 42.0 Å². The Bertz CT molecular complexity index is 373. The molecule has 1 fully saturated rings. The molecular formula is C15H23FN2. The van der Waals surface area contributed by atoms with Crippen molar-refractivity contribution in [2.75, 3.05) is 26.2 Å². The summed E-state index contributed by atoms with van der Waals surface area (Å²) in [5.74, 6) is -0.134. The quantitative estimate of drug-likeness (QED) is 0.810. The molecule has 1 aromatic carbocycles. The van der Waals surface area contributed by atoms with Crippen molar-refractivity contribution in [3.05, 3.63) is 35.6 Å². The van der Waals surface area contributed by atoms with Crippen LogP contribution in [0.2, 0.25) is 0 Å². The molecule has 1 aliphatic heterocycles. The Labute approximate surface area is 109 Å². The van der Waals surface area contributed by atoms with E-state index in [-0.39, 0.29) is 5.82 Å². The first-order chi connectivity index (χ1) is 8.69. The molecule has 18 heavy (non-hydrogen) atoms. The van der Waals surface area contributed by atoms with E-state index in [1.165, 1.54) is 12.5 Å². The molecule has 3 heteroatoms. The molecule has 0 unspecified atom stereocenters. The van der Waals surface area contributed by atoms with E-state index in [4.69, 9.17) is 0 Å². The van der Waals surface area contributed by atoms with Crippen LogP contribution in [0.15, 0.2) is 24.3 Å². The van der Waals surface area contributed by atoms with Crippen LogP contribution in [0.1, 0.15) is 25.8 Å². The maximum Gasteiger partial charge on any atom is 0.123 e. The van der Waals surface area contributed by atoms with E-state index < -0.39 is 0 Å². The lowest BCUT2D eigenvalue weighted by Gasteiger charge is -2.37. The monoisotopic (exact) mass is 250 g/mol. The third-order valence-corrected chi connectivity index (χ3v) is 3.92. The van der Waals surface area contributed by atoms with Crippen molar-refractivity contribution in [1.29, 1.82) is 0 Å². The van der Waals surface area contributed by atoms with Gasteiger partial charge in [-0.25, -0.2) is 4.39 Å². The fourth-order valence-corrected chi connectivity index (χ4v) is 2.51. The number of hydrogen-bond acceptors (Lipinski definition) is 2. The highest BCUT2D eigenvalue weighted by molar-refractivity contribution is 5.16. The van der Waals surface area contributed by atoms with Gasteiger partial charge in [0.15, 0.2) is 0 Å². The largest absolute Gasteiger partial charge is 0.298 e. The zero-order chi connectivity index (χ0) is 13.0. The molecule has 0 amide bonds. The molecule has 2 nitrogen and oxygen atoms in total. The Hall–Kier alpha value is -0.930. The molecule has 1 aliphatic rings. The van der Waals surface area contributed by atoms with Crippen molar-refractivity contribution in [1.82, 2.24) is 9.80 Å². The zero-order valence-electron chi connectivity index (χ0n) is 11.4. The van der Waals surface area contributed by atoms with E-state index in [2.05, 4.69) is 23.6 Å². The second kappa shape index (κ2) is 6.30. The van der Waals surface area contributed by atoms with Gasteiger partial charge in [-0.15, -0.1) is 0 Å². The van der Waals surface area contributed by atoms with E-state index >= 15 is 0 Å². The van der Waals surface area contributed by atoms with Crippen molar-refractivity contribution in [3.63, 3.8) is 0 Å². The summed E-state index contributed by atoms with van der Waals surface area (Å²) in [6.07, 6.45) is 1.21. The molecule has 2 rings (SSSR count). The van der Waals surface area contributed by atoms with Gasteiger partial charge in [-0.3, -0.25) is 9.80 Å². The number of nitrogens with zero attached hydrogens (tertiary/aromatic N) is 2. The van der Waals surface area contributed by atoms with E-state index in [0.717, 1.165) is 38.3 Å². The third-order valence-electron chi connectivity index (χ3n) is 3.92. The molecule has 0 bridgehead atoms. The van der Waals surface area contributed by atoms with Gasteiger partial charge in [-0.05, 0) is 31.0 Å². The Morgan fingerprint density at radius 2 is 1.94 bits per heavy atom. The van der Waals surface area contributed by atoms with E-state index in [1.807, 2.05) is 6.07 Å². The van der Waals surface area contributed by atoms with Gasteiger partial charge in [0.25, 0.3) is 0 Å². The highest BCUT2D eigenvalue weighted by Gasteiger charge is 2.19. The van der Waals surface area contributed by atoms with Crippen LogP contribution in [0.3, 0.4) is 0 Å². The molecule has 1 aromatic rings. The minimum Gasteiger partial charge on any atom is -0.298 e. The summed E-state index contributed by atoms with van der Waals surface area (Å²) in [5.41, 5.74) is 1.08. The Balaban J connectivity index is 1.83. The number of benzene rings is 1. The van der Waals surface area contributed by atoms with Gasteiger partial charge in [0.1, 0.15) is 5.82 Å². The summed E-state index contributed by atoms with van der Waals surface area (Å²) in [4.78, 5) is 4.95. The third kappa shape index (κ3) is 3.53. The second-order valence-corrected chi connectivity index (χ2v) is 5.20. The van der Waals surface area contributed by atoms with Crippen LogP contribution in [0.25, 0.3) is 0 Å². The van der Waals surface area contributed by atoms with E-state index in [0.29, 0.717) is 6.04 Å². The second-order valence-electron chi connectivity index (χ2n) is 5.20. The molecule has 0 aromatic heterocycles. The normalized spacial score (nSPS) is 19.9. The maximum absolute atomic E-state index is 13.1. The summed E-state index contributed by atoms with van der Waals surface area (Å²) in [7, 11) is 0. The van der Waals surface area contributed by atoms with Crippen molar-refractivity contribution in [2.45, 2.75) is 32.9 Å². The molecule has 0 saturated carbocycles. The maximum atomic E-state index is 13.1. The van der Waals surface area contributed by atoms with Crippen LogP contribution in [0.4, 0.5) is 4.39 Å². The van der Waals surface area contributed by atoms with Gasteiger partial charge in [-0.1, -0.05) is 19.1 Å². The van der Waals surface area contributed by atoms with Gasteiger partial charge in [0.2, 0.25) is 0 Å². The highest BCUT2D eigenvalue weighted by atomic mass is 19.1. The predicted molar refractivity (Wildman–Crippen MR) is 73.0 cm³/mol. The summed E-state index contributed by atoms with van der Waals surface area (Å²) >= 11 is 0. The number of rotatable bonds is 4. The van der Waals surface area contributed by atoms with Crippen LogP contribution in [0.5, 0.6) is 0 Å². The fraction of sp³-hybridized carbons (Fsp3) is 0.600. The predicted octanol–water partition coefficient (Wildman–Crippen LogP) is 2.74. The van der Waals surface area contributed by atoms with Crippen molar-refractivity contribution >= 4 is 0 Å². The van der Waals surface area contributed by atoms with Gasteiger partial charge in [0.05, 0.1) is 0 Å². The Kier molecular flexibility index (Phi) is 4.72. The minimum absolute atomic E-state index is 0.134. The molecule has 0 N–H and O–H groups in total. The van der Waals surface area contributed by atoms with Crippen LogP contribution in [0, 0.1) is 5.82 Å². The summed E-state index contributed by atoms with van der Waals surface area (Å²) in [6, 6.07) is 7.62. The first kappa shape index (κ1) is 13.5. The molecular weight excluding hydrogens is 227 g/mol. The molecule has 1 saturated heterocycles. The van der Waals surface area contributed by atoms with Gasteiger partial charge in [-0.2, -0.15) is 0 Å². The summed E-state index contributed by atoms with van der Waals surface area (Å²) in [5, 5.41) is 0. The standard InChI is InChI=1S/C15H23FN2/c1-3-13(2)18-9-7-17(8-10-18)12-14-5-4-6-15(16)11-14/h4-6,11,13H,3,7-10,12H2,1-2H3/t13-/m0/s1. The molecule has 1 atom stereocenters. The van der Waals surface area contributed by atoms with Crippen LogP contribution < -0.4 is 0 Å². The van der Waals surface area contributed by atoms with Crippen LogP contribution in [-0.2, 0) is 6.54 Å². The highest BCUT2D eigenvalue weighted by Crippen LogP contribution is 2.12. The van der Waals surface area contributed by atoms with E-state index in [1.54, 1.807) is 12.1 Å². The lowest BCUT2D eigenvalue weighted by Crippen LogP contribution is -2.48. The van der Waals surface area contributed by atoms with Gasteiger partial charge < -0.3 is 0 Å². The summed E-state index contributed by atoms with van der Waals surface area (Å²) < 4.78 is 13.1. The zero-order valence-corrected chi connectivity index (χ0v) is 11.4. The van der Waals surface area contributed by atoms with Crippen molar-refractivity contribution < 1.29 is 4.39 Å². The average molecular weight is 250 g/mol. The first-order valence-corrected chi connectivity index (χ1v) is 6.90. The lowest BCUT2D eigenvalue weighted by atomic mass is 10.1. The smallest absolute Gasteiger partial charge is 0.123 e.